The topological polar surface area (TPSA) is 154 Å². The van der Waals surface area contributed by atoms with Crippen LogP contribution in [-0.2, 0) is 22.4 Å². The fourth-order valence-corrected chi connectivity index (χ4v) is 13.2. The van der Waals surface area contributed by atoms with Crippen LogP contribution in [-0.4, -0.2) is 132 Å². The number of esters is 1. The summed E-state index contributed by atoms with van der Waals surface area (Å²) in [5.74, 6) is 0.129. The SMILES string of the molecule is [C-]#[N+]c1ccc(-n2c(C)c(C(=O)CN3CCCCC3)c3nc(C)c(CCC(=O)OCC)cc32)cc1.[C-]#[N+]c1ccc(-n2c(C)c(C(=O)CN3CCCCC3)c3nc(CC)ccc32)cc1.[C-]#[N+]c1ccc(-n2c(C)c(C(=O)CN3CCCCC3)c3ncccc32)cc1. The van der Waals surface area contributed by atoms with Crippen LogP contribution >= 0.6 is 0 Å². The van der Waals surface area contributed by atoms with Crippen LogP contribution in [0.1, 0.15) is 143 Å². The lowest BCUT2D eigenvalue weighted by Gasteiger charge is -2.25. The molecule has 0 amide bonds. The second kappa shape index (κ2) is 29.9. The van der Waals surface area contributed by atoms with Gasteiger partial charge in [-0.15, -0.1) is 0 Å². The summed E-state index contributed by atoms with van der Waals surface area (Å²) in [6.45, 7) is 40.9. The molecule has 0 unspecified atom stereocenters. The Bertz CT molecular complexity index is 4250. The third-order valence-corrected chi connectivity index (χ3v) is 17.8. The number of pyridine rings is 3. The Kier molecular flexibility index (Phi) is 21.2. The first-order valence-corrected chi connectivity index (χ1v) is 32.1. The Morgan fingerprint density at radius 3 is 1.29 bits per heavy atom. The van der Waals surface area contributed by atoms with E-state index in [4.69, 9.17) is 34.4 Å². The van der Waals surface area contributed by atoms with Gasteiger partial charge < -0.3 is 18.4 Å². The molecule has 6 aromatic heterocycles. The maximum absolute atomic E-state index is 13.6. The summed E-state index contributed by atoms with van der Waals surface area (Å²) in [4.78, 5) is 83.5. The molecule has 9 aromatic rings. The molecule has 0 atom stereocenters. The lowest BCUT2D eigenvalue weighted by molar-refractivity contribution is -0.143. The number of rotatable bonds is 17. The number of benzene rings is 3. The number of aromatic nitrogens is 6. The number of fused-ring (bicyclic) bond motifs is 3. The Balaban J connectivity index is 0.000000151. The van der Waals surface area contributed by atoms with Gasteiger partial charge in [-0.25, -0.2) is 14.5 Å². The van der Waals surface area contributed by atoms with Crippen LogP contribution in [0.3, 0.4) is 0 Å². The number of ketones is 3. The molecule has 17 nitrogen and oxygen atoms in total. The molecule has 0 spiro atoms. The average Bonchev–Trinajstić information content (AvgIpc) is 1.67. The minimum Gasteiger partial charge on any atom is -0.466 e. The van der Waals surface area contributed by atoms with Gasteiger partial charge in [-0.05, 0) is 198 Å². The Hall–Kier alpha value is -9.44. The molecule has 0 radical (unpaired) electrons. The van der Waals surface area contributed by atoms with Gasteiger partial charge in [0, 0.05) is 58.1 Å². The number of likely N-dealkylation sites (tertiary alicyclic amines) is 3. The molecule has 17 heteroatoms. The van der Waals surface area contributed by atoms with Gasteiger partial charge in [0.25, 0.3) is 0 Å². The van der Waals surface area contributed by atoms with Gasteiger partial charge in [-0.3, -0.25) is 48.8 Å². The Morgan fingerprint density at radius 1 is 0.484 bits per heavy atom. The fraction of sp³-hybridized carbons (Fsp3) is 0.378. The summed E-state index contributed by atoms with van der Waals surface area (Å²) >= 11 is 0. The molecule has 3 aromatic carbocycles. The number of Topliss-reactive ketones (excluding diaryl/α,β-unsaturated/α-hetero) is 3. The predicted octanol–water partition coefficient (Wildman–Crippen LogP) is 15.0. The summed E-state index contributed by atoms with van der Waals surface area (Å²) in [5, 5.41) is 0. The predicted molar refractivity (Wildman–Crippen MR) is 359 cm³/mol. The van der Waals surface area contributed by atoms with Crippen LogP contribution in [0.2, 0.25) is 0 Å². The lowest BCUT2D eigenvalue weighted by atomic mass is 10.0. The number of aryl methyl sites for hydroxylation is 3. The minimum atomic E-state index is -0.231. The second-order valence-electron chi connectivity index (χ2n) is 23.9. The molecule has 9 heterocycles. The maximum atomic E-state index is 13.6. The van der Waals surface area contributed by atoms with Gasteiger partial charge in [-0.2, -0.15) is 0 Å². The van der Waals surface area contributed by atoms with Gasteiger partial charge in [0.05, 0.1) is 95.7 Å². The van der Waals surface area contributed by atoms with Crippen molar-refractivity contribution in [2.24, 2.45) is 0 Å². The van der Waals surface area contributed by atoms with Crippen molar-refractivity contribution in [1.29, 1.82) is 0 Å². The number of ether oxygens (including phenoxy) is 1. The maximum Gasteiger partial charge on any atom is 0.306 e. The van der Waals surface area contributed by atoms with E-state index in [1.54, 1.807) is 37.4 Å². The van der Waals surface area contributed by atoms with Crippen LogP contribution < -0.4 is 0 Å². The molecule has 0 N–H and O–H groups in total. The molecule has 0 bridgehead atoms. The zero-order chi connectivity index (χ0) is 64.1. The number of hydrogen-bond donors (Lipinski definition) is 0. The van der Waals surface area contributed by atoms with Gasteiger partial charge in [0.2, 0.25) is 0 Å². The van der Waals surface area contributed by atoms with Crippen molar-refractivity contribution in [2.45, 2.75) is 119 Å². The zero-order valence-corrected chi connectivity index (χ0v) is 53.4. The minimum absolute atomic E-state index is 0.0806. The van der Waals surface area contributed by atoms with E-state index in [2.05, 4.69) is 56.3 Å². The van der Waals surface area contributed by atoms with Crippen molar-refractivity contribution in [2.75, 3.05) is 65.5 Å². The van der Waals surface area contributed by atoms with Gasteiger partial charge in [-0.1, -0.05) is 62.6 Å². The molecule has 3 fully saturated rings. The van der Waals surface area contributed by atoms with Crippen molar-refractivity contribution in [1.82, 2.24) is 43.4 Å². The number of carbonyl (C=O) groups is 4. The Morgan fingerprint density at radius 2 is 0.879 bits per heavy atom. The van der Waals surface area contributed by atoms with E-state index in [0.29, 0.717) is 66.4 Å². The molecule has 91 heavy (non-hydrogen) atoms. The first-order valence-electron chi connectivity index (χ1n) is 32.1. The first kappa shape index (κ1) is 64.5. The fourth-order valence-electron chi connectivity index (χ4n) is 13.2. The van der Waals surface area contributed by atoms with Crippen molar-refractivity contribution in [3.8, 4) is 17.1 Å². The van der Waals surface area contributed by atoms with Crippen molar-refractivity contribution < 1.29 is 23.9 Å². The quantitative estimate of drug-likeness (QED) is 0.0486. The number of hydrogen-bond acceptors (Lipinski definition) is 11. The highest BCUT2D eigenvalue weighted by molar-refractivity contribution is 6.11. The molecule has 12 rings (SSSR count). The van der Waals surface area contributed by atoms with Crippen LogP contribution in [0, 0.1) is 47.4 Å². The van der Waals surface area contributed by atoms with E-state index in [9.17, 15) is 19.2 Å². The van der Waals surface area contributed by atoms with Crippen LogP contribution in [0.25, 0.3) is 64.7 Å². The van der Waals surface area contributed by atoms with Crippen LogP contribution in [0.15, 0.2) is 109 Å². The van der Waals surface area contributed by atoms with E-state index in [0.717, 1.165) is 143 Å². The van der Waals surface area contributed by atoms with Crippen LogP contribution in [0.5, 0.6) is 0 Å². The monoisotopic (exact) mass is 1220 g/mol. The molecule has 3 saturated heterocycles. The highest BCUT2D eigenvalue weighted by Crippen LogP contribution is 2.35. The molecule has 3 aliphatic heterocycles. The summed E-state index contributed by atoms with van der Waals surface area (Å²) in [7, 11) is 0. The van der Waals surface area contributed by atoms with E-state index in [1.807, 2.05) is 105 Å². The Labute approximate surface area is 533 Å². The number of nitrogens with zero attached hydrogens (tertiary/aromatic N) is 12. The molecule has 0 saturated carbocycles. The number of piperidine rings is 3. The average molecular weight is 1220 g/mol. The smallest absolute Gasteiger partial charge is 0.306 e. The molecule has 3 aliphatic rings. The molecular formula is C74H80N12O5. The normalized spacial score (nSPS) is 14.6. The molecule has 0 aliphatic carbocycles. The standard InChI is InChI=1S/C28H32N4O3.C24H26N4O.C22H22N4O/c1-5-35-26(34)14-9-21-17-24-28(30-19(21)2)27(25(33)18-31-15-7-6-8-16-31)20(3)32(24)23-12-10-22(29-4)11-13-23;1-4-18-10-13-21-24(26-18)23(22(29)16-27-14-6-5-7-15-27)17(2)28(21)20-11-8-19(25-3)9-12-20;1-16-21(20(27)15-25-13-4-3-5-14-25)22-19(7-6-12-24-22)26(16)18-10-8-17(23-2)9-11-18/h10-13,17H,5-9,14-16,18H2,1-3H3;8-13H,4-7,14-16H2,1-2H3;6-12H,3-5,13-15H2,1H3. The van der Waals surface area contributed by atoms with Gasteiger partial charge in [0.1, 0.15) is 0 Å². The summed E-state index contributed by atoms with van der Waals surface area (Å²) in [6, 6.07) is 32.4. The summed E-state index contributed by atoms with van der Waals surface area (Å²) in [6.07, 6.45) is 14.0. The molecule has 466 valence electrons. The molecular weight excluding hydrogens is 1140 g/mol. The lowest BCUT2D eigenvalue weighted by Crippen LogP contribution is -2.34. The van der Waals surface area contributed by atoms with Crippen molar-refractivity contribution in [3.63, 3.8) is 0 Å². The number of carbonyl (C=O) groups excluding carboxylic acids is 4. The van der Waals surface area contributed by atoms with Gasteiger partial charge >= 0.3 is 5.97 Å². The zero-order valence-electron chi connectivity index (χ0n) is 53.4. The summed E-state index contributed by atoms with van der Waals surface area (Å²) in [5.41, 5.74) is 17.0. The largest absolute Gasteiger partial charge is 0.466 e. The first-order chi connectivity index (χ1) is 44.2. The third-order valence-electron chi connectivity index (χ3n) is 17.8. The third kappa shape index (κ3) is 14.6. The van der Waals surface area contributed by atoms with Crippen molar-refractivity contribution in [3.05, 3.63) is 194 Å². The van der Waals surface area contributed by atoms with Crippen LogP contribution in [0.4, 0.5) is 17.1 Å². The summed E-state index contributed by atoms with van der Waals surface area (Å²) < 4.78 is 11.3. The highest BCUT2D eigenvalue weighted by Gasteiger charge is 2.29. The van der Waals surface area contributed by atoms with E-state index < -0.39 is 0 Å². The van der Waals surface area contributed by atoms with E-state index in [1.165, 1.54) is 44.9 Å². The van der Waals surface area contributed by atoms with E-state index in [-0.39, 0.29) is 29.7 Å². The van der Waals surface area contributed by atoms with E-state index >= 15 is 0 Å². The van der Waals surface area contributed by atoms with Crippen molar-refractivity contribution >= 4 is 73.5 Å². The highest BCUT2D eigenvalue weighted by atomic mass is 16.5. The second-order valence-corrected chi connectivity index (χ2v) is 23.9. The van der Waals surface area contributed by atoms with Gasteiger partial charge in [0.15, 0.2) is 34.4 Å².